The summed E-state index contributed by atoms with van der Waals surface area (Å²) in [5.41, 5.74) is 3.12. The number of halogens is 1. The van der Waals surface area contributed by atoms with Crippen LogP contribution in [0, 0.1) is 5.92 Å². The molecule has 2 aromatic rings. The third kappa shape index (κ3) is 6.79. The SMILES string of the molecule is Cl.O=C(CCC1CCNC1)Nc1ccc(COCc2ccccc2)cc1. The van der Waals surface area contributed by atoms with E-state index in [0.717, 1.165) is 30.8 Å². The minimum Gasteiger partial charge on any atom is -0.372 e. The van der Waals surface area contributed by atoms with Crippen molar-refractivity contribution in [2.75, 3.05) is 18.4 Å². The minimum absolute atomic E-state index is 0. The van der Waals surface area contributed by atoms with Crippen molar-refractivity contribution in [2.45, 2.75) is 32.5 Å². The van der Waals surface area contributed by atoms with E-state index >= 15 is 0 Å². The number of benzene rings is 2. The van der Waals surface area contributed by atoms with E-state index in [1.54, 1.807) is 0 Å². The first-order valence-electron chi connectivity index (χ1n) is 9.01. The molecule has 1 amide bonds. The van der Waals surface area contributed by atoms with Gasteiger partial charge >= 0.3 is 0 Å². The van der Waals surface area contributed by atoms with Crippen LogP contribution in [0.25, 0.3) is 0 Å². The fraction of sp³-hybridized carbons (Fsp3) is 0.381. The van der Waals surface area contributed by atoms with Gasteiger partial charge in [0.05, 0.1) is 13.2 Å². The summed E-state index contributed by atoms with van der Waals surface area (Å²) in [5.74, 6) is 0.745. The molecule has 3 rings (SSSR count). The number of anilines is 1. The van der Waals surface area contributed by atoms with Crippen molar-refractivity contribution >= 4 is 24.0 Å². The normalized spacial score (nSPS) is 16.1. The Labute approximate surface area is 161 Å². The summed E-state index contributed by atoms with van der Waals surface area (Å²) in [6.45, 7) is 3.30. The summed E-state index contributed by atoms with van der Waals surface area (Å²) in [6.07, 6.45) is 2.74. The quantitative estimate of drug-likeness (QED) is 0.729. The van der Waals surface area contributed by atoms with Gasteiger partial charge < -0.3 is 15.4 Å². The van der Waals surface area contributed by atoms with Crippen molar-refractivity contribution in [3.63, 3.8) is 0 Å². The highest BCUT2D eigenvalue weighted by atomic mass is 35.5. The summed E-state index contributed by atoms with van der Waals surface area (Å²) in [4.78, 5) is 12.0. The van der Waals surface area contributed by atoms with Crippen molar-refractivity contribution in [1.29, 1.82) is 0 Å². The van der Waals surface area contributed by atoms with Crippen molar-refractivity contribution in [1.82, 2.24) is 5.32 Å². The molecule has 1 aliphatic rings. The molecule has 1 atom stereocenters. The summed E-state index contributed by atoms with van der Waals surface area (Å²) in [5, 5.41) is 6.31. The summed E-state index contributed by atoms with van der Waals surface area (Å²) < 4.78 is 5.73. The second-order valence-corrected chi connectivity index (χ2v) is 6.62. The molecular weight excluding hydrogens is 348 g/mol. The maximum Gasteiger partial charge on any atom is 0.224 e. The number of ether oxygens (including phenoxy) is 1. The molecular formula is C21H27ClN2O2. The number of nitrogens with one attached hydrogen (secondary N) is 2. The van der Waals surface area contributed by atoms with Crippen molar-refractivity contribution < 1.29 is 9.53 Å². The molecule has 0 aromatic heterocycles. The van der Waals surface area contributed by atoms with Crippen LogP contribution in [0.15, 0.2) is 54.6 Å². The minimum atomic E-state index is 0. The Kier molecular flexibility index (Phi) is 8.62. The van der Waals surface area contributed by atoms with Crippen LogP contribution in [-0.2, 0) is 22.7 Å². The molecule has 0 bridgehead atoms. The number of carbonyl (C=O) groups excluding carboxylic acids is 1. The zero-order chi connectivity index (χ0) is 17.3. The molecule has 0 spiro atoms. The molecule has 0 radical (unpaired) electrons. The molecule has 1 fully saturated rings. The van der Waals surface area contributed by atoms with Crippen LogP contribution in [0.3, 0.4) is 0 Å². The fourth-order valence-electron chi connectivity index (χ4n) is 3.06. The highest BCUT2D eigenvalue weighted by Gasteiger charge is 2.15. The summed E-state index contributed by atoms with van der Waals surface area (Å²) in [7, 11) is 0. The number of rotatable bonds is 8. The van der Waals surface area contributed by atoms with Crippen LogP contribution < -0.4 is 10.6 Å². The van der Waals surface area contributed by atoms with Crippen LogP contribution >= 0.6 is 12.4 Å². The van der Waals surface area contributed by atoms with Gasteiger partial charge in [-0.15, -0.1) is 12.4 Å². The molecule has 1 unspecified atom stereocenters. The first kappa shape index (κ1) is 20.4. The second kappa shape index (κ2) is 11.0. The Hall–Kier alpha value is -1.88. The van der Waals surface area contributed by atoms with Gasteiger partial charge in [0.2, 0.25) is 5.91 Å². The predicted molar refractivity (Wildman–Crippen MR) is 107 cm³/mol. The monoisotopic (exact) mass is 374 g/mol. The van der Waals surface area contributed by atoms with E-state index in [1.165, 1.54) is 12.0 Å². The Bertz CT molecular complexity index is 655. The van der Waals surface area contributed by atoms with Gasteiger partial charge in [-0.1, -0.05) is 42.5 Å². The molecule has 26 heavy (non-hydrogen) atoms. The van der Waals surface area contributed by atoms with Crippen molar-refractivity contribution in [3.05, 3.63) is 65.7 Å². The van der Waals surface area contributed by atoms with Gasteiger partial charge in [-0.2, -0.15) is 0 Å². The van der Waals surface area contributed by atoms with E-state index < -0.39 is 0 Å². The van der Waals surface area contributed by atoms with E-state index in [1.807, 2.05) is 42.5 Å². The average molecular weight is 375 g/mol. The number of carbonyl (C=O) groups is 1. The molecule has 0 aliphatic carbocycles. The highest BCUT2D eigenvalue weighted by Crippen LogP contribution is 2.16. The van der Waals surface area contributed by atoms with E-state index in [4.69, 9.17) is 4.74 Å². The molecule has 2 N–H and O–H groups in total. The van der Waals surface area contributed by atoms with E-state index in [-0.39, 0.29) is 18.3 Å². The molecule has 1 heterocycles. The molecule has 1 saturated heterocycles. The van der Waals surface area contributed by atoms with Gasteiger partial charge in [0.25, 0.3) is 0 Å². The number of amides is 1. The highest BCUT2D eigenvalue weighted by molar-refractivity contribution is 5.90. The largest absolute Gasteiger partial charge is 0.372 e. The lowest BCUT2D eigenvalue weighted by atomic mass is 10.0. The number of hydrogen-bond donors (Lipinski definition) is 2. The zero-order valence-corrected chi connectivity index (χ0v) is 15.8. The van der Waals surface area contributed by atoms with Gasteiger partial charge in [0, 0.05) is 12.1 Å². The van der Waals surface area contributed by atoms with Gasteiger partial charge in [0.15, 0.2) is 0 Å². The molecule has 140 valence electrons. The first-order chi connectivity index (χ1) is 12.3. The van der Waals surface area contributed by atoms with Gasteiger partial charge in [-0.25, -0.2) is 0 Å². The zero-order valence-electron chi connectivity index (χ0n) is 14.9. The number of hydrogen-bond acceptors (Lipinski definition) is 3. The summed E-state index contributed by atoms with van der Waals surface area (Å²) >= 11 is 0. The van der Waals surface area contributed by atoms with Crippen molar-refractivity contribution in [3.8, 4) is 0 Å². The van der Waals surface area contributed by atoms with Gasteiger partial charge in [0.1, 0.15) is 0 Å². The van der Waals surface area contributed by atoms with Crippen LogP contribution in [0.4, 0.5) is 5.69 Å². The standard InChI is InChI=1S/C21H26N2O2.ClH/c24-21(11-8-17-12-13-22-14-17)23-20-9-6-19(7-10-20)16-25-15-18-4-2-1-3-5-18;/h1-7,9-10,17,22H,8,11-16H2,(H,23,24);1H. The third-order valence-electron chi connectivity index (χ3n) is 4.56. The lowest BCUT2D eigenvalue weighted by molar-refractivity contribution is -0.116. The average Bonchev–Trinajstić information content (AvgIpc) is 3.16. The lowest BCUT2D eigenvalue weighted by Gasteiger charge is -2.09. The lowest BCUT2D eigenvalue weighted by Crippen LogP contribution is -2.15. The third-order valence-corrected chi connectivity index (χ3v) is 4.56. The molecule has 2 aromatic carbocycles. The topological polar surface area (TPSA) is 50.4 Å². The second-order valence-electron chi connectivity index (χ2n) is 6.62. The molecule has 5 heteroatoms. The Morgan fingerprint density at radius 1 is 1.04 bits per heavy atom. The van der Waals surface area contributed by atoms with Crippen LogP contribution in [0.1, 0.15) is 30.4 Å². The first-order valence-corrected chi connectivity index (χ1v) is 9.01. The smallest absolute Gasteiger partial charge is 0.224 e. The molecule has 0 saturated carbocycles. The van der Waals surface area contributed by atoms with E-state index in [9.17, 15) is 4.79 Å². The summed E-state index contributed by atoms with van der Waals surface area (Å²) in [6, 6.07) is 18.0. The van der Waals surface area contributed by atoms with Crippen LogP contribution in [0.2, 0.25) is 0 Å². The Morgan fingerprint density at radius 3 is 2.38 bits per heavy atom. The van der Waals surface area contributed by atoms with E-state index in [0.29, 0.717) is 25.6 Å². The van der Waals surface area contributed by atoms with Crippen LogP contribution in [-0.4, -0.2) is 19.0 Å². The van der Waals surface area contributed by atoms with Gasteiger partial charge in [-0.05, 0) is 55.1 Å². The Balaban J connectivity index is 0.00000243. The fourth-order valence-corrected chi connectivity index (χ4v) is 3.06. The van der Waals surface area contributed by atoms with E-state index in [2.05, 4.69) is 22.8 Å². The Morgan fingerprint density at radius 2 is 1.73 bits per heavy atom. The van der Waals surface area contributed by atoms with Crippen molar-refractivity contribution in [2.24, 2.45) is 5.92 Å². The predicted octanol–water partition coefficient (Wildman–Crippen LogP) is 4.15. The molecule has 1 aliphatic heterocycles. The maximum absolute atomic E-state index is 12.0. The molecule has 4 nitrogen and oxygen atoms in total. The maximum atomic E-state index is 12.0. The van der Waals surface area contributed by atoms with Crippen LogP contribution in [0.5, 0.6) is 0 Å². The van der Waals surface area contributed by atoms with Gasteiger partial charge in [-0.3, -0.25) is 4.79 Å².